The highest BCUT2D eigenvalue weighted by Gasteiger charge is 2.46. The standard InChI is InChI=1S/C14H21N3O3/c18-12-2-7-17(10-14(12)4-1-9-20-14)13(19)3-6-16-8-5-15-11-16/h5,8,11-12,18H,1-4,6-7,9-10H2/t12-,14-/m0/s1. The Morgan fingerprint density at radius 1 is 1.55 bits per heavy atom. The Balaban J connectivity index is 1.58. The number of nitrogens with zero attached hydrogens (tertiary/aromatic N) is 3. The van der Waals surface area contributed by atoms with Crippen LogP contribution in [-0.2, 0) is 16.1 Å². The van der Waals surface area contributed by atoms with Crippen molar-refractivity contribution in [3.63, 3.8) is 0 Å². The number of aliphatic hydroxyl groups is 1. The summed E-state index contributed by atoms with van der Waals surface area (Å²) in [6, 6.07) is 0. The third-order valence-corrected chi connectivity index (χ3v) is 4.37. The monoisotopic (exact) mass is 279 g/mol. The van der Waals surface area contributed by atoms with Crippen LogP contribution in [0.5, 0.6) is 0 Å². The second-order valence-electron chi connectivity index (χ2n) is 5.69. The number of hydrogen-bond donors (Lipinski definition) is 1. The lowest BCUT2D eigenvalue weighted by Crippen LogP contribution is -2.57. The molecule has 2 fully saturated rings. The topological polar surface area (TPSA) is 67.6 Å². The predicted octanol–water partition coefficient (Wildman–Crippen LogP) is 0.416. The molecule has 2 aliphatic heterocycles. The second-order valence-corrected chi connectivity index (χ2v) is 5.69. The Morgan fingerprint density at radius 3 is 3.15 bits per heavy atom. The van der Waals surface area contributed by atoms with E-state index in [4.69, 9.17) is 4.74 Å². The Bertz CT molecular complexity index is 454. The number of carbonyl (C=O) groups is 1. The molecule has 110 valence electrons. The van der Waals surface area contributed by atoms with Crippen LogP contribution in [0.3, 0.4) is 0 Å². The second kappa shape index (κ2) is 5.54. The fourth-order valence-electron chi connectivity index (χ4n) is 3.17. The van der Waals surface area contributed by atoms with Gasteiger partial charge >= 0.3 is 0 Å². The molecule has 6 heteroatoms. The number of ether oxygens (including phenoxy) is 1. The number of aliphatic hydroxyl groups excluding tert-OH is 1. The zero-order chi connectivity index (χ0) is 14.0. The maximum absolute atomic E-state index is 12.3. The zero-order valence-corrected chi connectivity index (χ0v) is 11.6. The summed E-state index contributed by atoms with van der Waals surface area (Å²) in [5.74, 6) is 0.125. The molecule has 0 radical (unpaired) electrons. The maximum Gasteiger partial charge on any atom is 0.224 e. The van der Waals surface area contributed by atoms with Crippen LogP contribution in [-0.4, -0.2) is 56.9 Å². The van der Waals surface area contributed by atoms with Gasteiger partial charge in [0.15, 0.2) is 0 Å². The summed E-state index contributed by atoms with van der Waals surface area (Å²) in [5.41, 5.74) is -0.511. The average Bonchev–Trinajstić information content (AvgIpc) is 3.12. The van der Waals surface area contributed by atoms with E-state index in [1.165, 1.54) is 0 Å². The van der Waals surface area contributed by atoms with Crippen molar-refractivity contribution in [1.29, 1.82) is 0 Å². The molecule has 6 nitrogen and oxygen atoms in total. The van der Waals surface area contributed by atoms with Gasteiger partial charge in [-0.1, -0.05) is 0 Å². The molecule has 3 rings (SSSR count). The molecule has 3 heterocycles. The number of carbonyl (C=O) groups excluding carboxylic acids is 1. The van der Waals surface area contributed by atoms with Gasteiger partial charge < -0.3 is 19.3 Å². The summed E-state index contributed by atoms with van der Waals surface area (Å²) in [6.07, 6.45) is 7.72. The SMILES string of the molecule is O=C(CCn1ccnc1)N1CC[C@H](O)[C@]2(CCCO2)C1. The van der Waals surface area contributed by atoms with Crippen LogP contribution in [0.25, 0.3) is 0 Å². The highest BCUT2D eigenvalue weighted by molar-refractivity contribution is 5.76. The van der Waals surface area contributed by atoms with E-state index in [0.29, 0.717) is 39.1 Å². The number of amides is 1. The van der Waals surface area contributed by atoms with Gasteiger partial charge in [0, 0.05) is 38.5 Å². The molecular formula is C14H21N3O3. The smallest absolute Gasteiger partial charge is 0.224 e. The van der Waals surface area contributed by atoms with Gasteiger partial charge in [-0.15, -0.1) is 0 Å². The molecule has 2 aliphatic rings. The molecule has 0 aromatic carbocycles. The number of hydrogen-bond acceptors (Lipinski definition) is 4. The van der Waals surface area contributed by atoms with Gasteiger partial charge in [-0.05, 0) is 19.3 Å². The minimum Gasteiger partial charge on any atom is -0.390 e. The molecule has 1 amide bonds. The van der Waals surface area contributed by atoms with Crippen molar-refractivity contribution in [3.05, 3.63) is 18.7 Å². The first kappa shape index (κ1) is 13.6. The molecule has 0 saturated carbocycles. The third kappa shape index (κ3) is 2.58. The lowest BCUT2D eigenvalue weighted by atomic mass is 9.87. The predicted molar refractivity (Wildman–Crippen MR) is 72.0 cm³/mol. The van der Waals surface area contributed by atoms with Crippen LogP contribution in [0, 0.1) is 0 Å². The quantitative estimate of drug-likeness (QED) is 0.870. The molecule has 1 aromatic heterocycles. The number of likely N-dealkylation sites (tertiary alicyclic amines) is 1. The average molecular weight is 279 g/mol. The molecule has 1 aromatic rings. The summed E-state index contributed by atoms with van der Waals surface area (Å²) < 4.78 is 7.67. The molecule has 0 unspecified atom stereocenters. The lowest BCUT2D eigenvalue weighted by molar-refractivity contribution is -0.155. The molecule has 20 heavy (non-hydrogen) atoms. The fourth-order valence-corrected chi connectivity index (χ4v) is 3.17. The van der Waals surface area contributed by atoms with Crippen LogP contribution < -0.4 is 0 Å². The van der Waals surface area contributed by atoms with Crippen molar-refractivity contribution in [3.8, 4) is 0 Å². The molecule has 2 saturated heterocycles. The van der Waals surface area contributed by atoms with E-state index in [9.17, 15) is 9.90 Å². The molecular weight excluding hydrogens is 258 g/mol. The van der Waals surface area contributed by atoms with E-state index in [1.54, 1.807) is 12.5 Å². The van der Waals surface area contributed by atoms with Gasteiger partial charge in [0.25, 0.3) is 0 Å². The Morgan fingerprint density at radius 2 is 2.45 bits per heavy atom. The summed E-state index contributed by atoms with van der Waals surface area (Å²) in [4.78, 5) is 18.1. The highest BCUT2D eigenvalue weighted by Crippen LogP contribution is 2.34. The zero-order valence-electron chi connectivity index (χ0n) is 11.6. The van der Waals surface area contributed by atoms with Crippen molar-refractivity contribution in [2.24, 2.45) is 0 Å². The molecule has 2 atom stereocenters. The van der Waals surface area contributed by atoms with E-state index >= 15 is 0 Å². The maximum atomic E-state index is 12.3. The van der Waals surface area contributed by atoms with Gasteiger partial charge in [0.05, 0.1) is 19.0 Å². The van der Waals surface area contributed by atoms with Crippen molar-refractivity contribution < 1.29 is 14.6 Å². The van der Waals surface area contributed by atoms with Gasteiger partial charge in [0.1, 0.15) is 5.60 Å². The Labute approximate surface area is 118 Å². The summed E-state index contributed by atoms with van der Waals surface area (Å²) in [5, 5.41) is 10.2. The van der Waals surface area contributed by atoms with Crippen molar-refractivity contribution >= 4 is 5.91 Å². The fraction of sp³-hybridized carbons (Fsp3) is 0.714. The van der Waals surface area contributed by atoms with Crippen LogP contribution >= 0.6 is 0 Å². The first-order valence-electron chi connectivity index (χ1n) is 7.25. The summed E-state index contributed by atoms with van der Waals surface area (Å²) >= 11 is 0. The van der Waals surface area contributed by atoms with Crippen LogP contribution in [0.15, 0.2) is 18.7 Å². The van der Waals surface area contributed by atoms with E-state index in [2.05, 4.69) is 4.98 Å². The van der Waals surface area contributed by atoms with Crippen molar-refractivity contribution in [1.82, 2.24) is 14.5 Å². The third-order valence-electron chi connectivity index (χ3n) is 4.37. The van der Waals surface area contributed by atoms with E-state index in [-0.39, 0.29) is 5.91 Å². The number of aryl methyl sites for hydroxylation is 1. The van der Waals surface area contributed by atoms with Crippen LogP contribution in [0.4, 0.5) is 0 Å². The largest absolute Gasteiger partial charge is 0.390 e. The first-order chi connectivity index (χ1) is 9.70. The number of rotatable bonds is 3. The van der Waals surface area contributed by atoms with E-state index in [0.717, 1.165) is 12.8 Å². The Kier molecular flexibility index (Phi) is 3.76. The highest BCUT2D eigenvalue weighted by atomic mass is 16.5. The number of aromatic nitrogens is 2. The van der Waals surface area contributed by atoms with Gasteiger partial charge in [0.2, 0.25) is 5.91 Å². The minimum atomic E-state index is -0.511. The van der Waals surface area contributed by atoms with E-state index in [1.807, 2.05) is 15.7 Å². The molecule has 0 aliphatic carbocycles. The van der Waals surface area contributed by atoms with E-state index < -0.39 is 11.7 Å². The minimum absolute atomic E-state index is 0.125. The van der Waals surface area contributed by atoms with Crippen molar-refractivity contribution in [2.75, 3.05) is 19.7 Å². The van der Waals surface area contributed by atoms with Crippen LogP contribution in [0.2, 0.25) is 0 Å². The summed E-state index contributed by atoms with van der Waals surface area (Å²) in [7, 11) is 0. The van der Waals surface area contributed by atoms with Gasteiger partial charge in [-0.3, -0.25) is 4.79 Å². The summed E-state index contributed by atoms with van der Waals surface area (Å²) in [6.45, 7) is 2.48. The molecule has 1 spiro atoms. The Hall–Kier alpha value is -1.40. The normalized spacial score (nSPS) is 30.1. The molecule has 0 bridgehead atoms. The first-order valence-corrected chi connectivity index (χ1v) is 7.25. The van der Waals surface area contributed by atoms with Crippen LogP contribution in [0.1, 0.15) is 25.7 Å². The van der Waals surface area contributed by atoms with Gasteiger partial charge in [-0.25, -0.2) is 4.98 Å². The molecule has 1 N–H and O–H groups in total. The lowest BCUT2D eigenvalue weighted by Gasteiger charge is -2.43. The number of piperidine rings is 1. The number of imidazole rings is 1. The van der Waals surface area contributed by atoms with Crippen molar-refractivity contribution in [2.45, 2.75) is 43.9 Å². The van der Waals surface area contributed by atoms with Gasteiger partial charge in [-0.2, -0.15) is 0 Å².